The van der Waals surface area contributed by atoms with Crippen LogP contribution in [0.1, 0.15) is 22.3 Å². The summed E-state index contributed by atoms with van der Waals surface area (Å²) >= 11 is 0. The summed E-state index contributed by atoms with van der Waals surface area (Å²) in [5.41, 5.74) is 19.9. The average Bonchev–Trinajstić information content (AvgIpc) is 3.53. The number of nitrogens with zero attached hydrogens (tertiary/aromatic N) is 1. The number of para-hydroxylation sites is 4. The van der Waals surface area contributed by atoms with Crippen LogP contribution in [0.25, 0.3) is 79.6 Å². The molecule has 0 saturated carbocycles. The molecule has 0 heterocycles. The SMILES string of the molecule is C(=C\c1ccc(-c2c(-c3ccc(/C=C/c4ccc(N(c5ccccc5)c5ccccc5)cc4)cc3)c(-c3ccccc3)c3ccccc3c2-c2ccccc2)cc1)/c1ccccc1.c1ccc(Nc2ccccc2)cc1. The molecule has 0 saturated heterocycles. The third-order valence-electron chi connectivity index (χ3n) is 13.5. The number of anilines is 5. The van der Waals surface area contributed by atoms with Crippen molar-refractivity contribution in [3.8, 4) is 44.5 Å². The van der Waals surface area contributed by atoms with Crippen LogP contribution in [0.2, 0.25) is 0 Å². The quantitative estimate of drug-likeness (QED) is 0.116. The third kappa shape index (κ3) is 11.4. The minimum Gasteiger partial charge on any atom is -0.356 e. The molecular formula is C74H56N2. The molecule has 2 heteroatoms. The molecule has 0 atom stereocenters. The van der Waals surface area contributed by atoms with E-state index in [1.165, 1.54) is 60.8 Å². The van der Waals surface area contributed by atoms with E-state index in [2.05, 4.69) is 283 Å². The van der Waals surface area contributed by atoms with Gasteiger partial charge in [-0.2, -0.15) is 0 Å². The Balaban J connectivity index is 0.000000413. The summed E-state index contributed by atoms with van der Waals surface area (Å²) in [4.78, 5) is 2.29. The zero-order valence-electron chi connectivity index (χ0n) is 42.2. The van der Waals surface area contributed by atoms with Crippen LogP contribution >= 0.6 is 0 Å². The molecule has 12 aromatic carbocycles. The summed E-state index contributed by atoms with van der Waals surface area (Å²) in [6, 6.07) is 109. The van der Waals surface area contributed by atoms with Gasteiger partial charge >= 0.3 is 0 Å². The first kappa shape index (κ1) is 48.3. The smallest absolute Gasteiger partial charge is 0.0462 e. The summed E-state index contributed by atoms with van der Waals surface area (Å²) in [6.45, 7) is 0. The highest BCUT2D eigenvalue weighted by Gasteiger charge is 2.24. The highest BCUT2D eigenvalue weighted by Crippen LogP contribution is 2.51. The lowest BCUT2D eigenvalue weighted by molar-refractivity contribution is 1.28. The van der Waals surface area contributed by atoms with Crippen molar-refractivity contribution in [3.63, 3.8) is 0 Å². The van der Waals surface area contributed by atoms with Crippen molar-refractivity contribution < 1.29 is 0 Å². The fourth-order valence-corrected chi connectivity index (χ4v) is 9.84. The minimum absolute atomic E-state index is 1.11. The van der Waals surface area contributed by atoms with Crippen LogP contribution in [0.5, 0.6) is 0 Å². The van der Waals surface area contributed by atoms with E-state index < -0.39 is 0 Å². The van der Waals surface area contributed by atoms with Gasteiger partial charge in [-0.1, -0.05) is 273 Å². The molecule has 1 N–H and O–H groups in total. The maximum Gasteiger partial charge on any atom is 0.0462 e. The van der Waals surface area contributed by atoms with E-state index in [-0.39, 0.29) is 0 Å². The molecule has 0 amide bonds. The number of fused-ring (bicyclic) bond motifs is 1. The Hall–Kier alpha value is -10.0. The molecule has 0 aliphatic heterocycles. The zero-order chi connectivity index (χ0) is 51.1. The van der Waals surface area contributed by atoms with Gasteiger partial charge in [0.1, 0.15) is 0 Å². The van der Waals surface area contributed by atoms with Crippen molar-refractivity contribution in [1.82, 2.24) is 0 Å². The second-order valence-corrected chi connectivity index (χ2v) is 18.6. The van der Waals surface area contributed by atoms with E-state index in [0.717, 1.165) is 45.1 Å². The number of benzene rings is 12. The molecule has 0 unspecified atom stereocenters. The predicted molar refractivity (Wildman–Crippen MR) is 327 cm³/mol. The molecule has 0 fully saturated rings. The van der Waals surface area contributed by atoms with Crippen molar-refractivity contribution in [1.29, 1.82) is 0 Å². The number of nitrogens with one attached hydrogen (secondary N) is 1. The molecule has 0 aromatic heterocycles. The molecule has 0 aliphatic carbocycles. The van der Waals surface area contributed by atoms with Gasteiger partial charge in [0.2, 0.25) is 0 Å². The molecule has 0 aliphatic rings. The standard InChI is InChI=1S/C62H45N.C12H11N/c1-6-18-46(19-7-1)30-31-47-34-40-52(41-35-47)61-59(50-20-8-2-9-21-50)57-28-16-17-29-58(57)60(51-22-10-3-11-23-51)62(61)53-42-36-48(37-43-53)32-33-49-38-44-56(45-39-49)63(54-24-12-4-13-25-54)55-26-14-5-15-27-55;1-3-7-11(8-4-1)13-12-9-5-2-6-10-12/h1-45H;1-10,13H/b31-30+,33-32+;. The van der Waals surface area contributed by atoms with Crippen molar-refractivity contribution in [2.75, 3.05) is 10.2 Å². The van der Waals surface area contributed by atoms with E-state index in [1.807, 2.05) is 60.7 Å². The fourth-order valence-electron chi connectivity index (χ4n) is 9.84. The molecule has 2 nitrogen and oxygen atoms in total. The Morgan fingerprint density at radius 3 is 0.842 bits per heavy atom. The molecule has 0 bridgehead atoms. The van der Waals surface area contributed by atoms with Crippen LogP contribution < -0.4 is 10.2 Å². The second-order valence-electron chi connectivity index (χ2n) is 18.6. The van der Waals surface area contributed by atoms with Crippen LogP contribution in [-0.2, 0) is 0 Å². The maximum absolute atomic E-state index is 3.30. The van der Waals surface area contributed by atoms with E-state index in [1.54, 1.807) is 0 Å². The zero-order valence-corrected chi connectivity index (χ0v) is 42.2. The van der Waals surface area contributed by atoms with Gasteiger partial charge in [0.05, 0.1) is 0 Å². The topological polar surface area (TPSA) is 15.3 Å². The van der Waals surface area contributed by atoms with E-state index in [4.69, 9.17) is 0 Å². The summed E-state index contributed by atoms with van der Waals surface area (Å²) in [6.07, 6.45) is 8.78. The second kappa shape index (κ2) is 23.7. The Labute approximate surface area is 447 Å². The Morgan fingerprint density at radius 2 is 0.474 bits per heavy atom. The number of hydrogen-bond acceptors (Lipinski definition) is 2. The van der Waals surface area contributed by atoms with Crippen molar-refractivity contribution in [2.45, 2.75) is 0 Å². The first-order valence-electron chi connectivity index (χ1n) is 25.9. The summed E-state index contributed by atoms with van der Waals surface area (Å²) in [5, 5.41) is 5.77. The maximum atomic E-state index is 3.30. The highest BCUT2D eigenvalue weighted by atomic mass is 15.1. The molecule has 76 heavy (non-hydrogen) atoms. The molecule has 12 aromatic rings. The van der Waals surface area contributed by atoms with Gasteiger partial charge in [0.15, 0.2) is 0 Å². The van der Waals surface area contributed by atoms with Gasteiger partial charge in [-0.25, -0.2) is 0 Å². The molecular weight excluding hydrogens is 917 g/mol. The van der Waals surface area contributed by atoms with Crippen LogP contribution in [0.3, 0.4) is 0 Å². The summed E-state index contributed by atoms with van der Waals surface area (Å²) in [5.74, 6) is 0. The number of rotatable bonds is 13. The molecule has 0 radical (unpaired) electrons. The van der Waals surface area contributed by atoms with E-state index in [0.29, 0.717) is 0 Å². The van der Waals surface area contributed by atoms with Crippen LogP contribution in [-0.4, -0.2) is 0 Å². The fraction of sp³-hybridized carbons (Fsp3) is 0. The Bertz CT molecular complexity index is 3730. The lowest BCUT2D eigenvalue weighted by atomic mass is 9.79. The van der Waals surface area contributed by atoms with Gasteiger partial charge in [0, 0.05) is 28.4 Å². The van der Waals surface area contributed by atoms with Crippen molar-refractivity contribution in [3.05, 3.63) is 332 Å². The first-order valence-corrected chi connectivity index (χ1v) is 25.9. The summed E-state index contributed by atoms with van der Waals surface area (Å²) < 4.78 is 0. The Kier molecular flexibility index (Phi) is 15.0. The average molecular weight is 973 g/mol. The molecule has 362 valence electrons. The van der Waals surface area contributed by atoms with Crippen LogP contribution in [0, 0.1) is 0 Å². The van der Waals surface area contributed by atoms with Gasteiger partial charge < -0.3 is 10.2 Å². The highest BCUT2D eigenvalue weighted by molar-refractivity contribution is 6.18. The molecule has 12 rings (SSSR count). The number of hydrogen-bond donors (Lipinski definition) is 1. The first-order chi connectivity index (χ1) is 37.7. The molecule has 0 spiro atoms. The minimum atomic E-state index is 1.11. The van der Waals surface area contributed by atoms with Gasteiger partial charge in [-0.15, -0.1) is 0 Å². The normalized spacial score (nSPS) is 11.1. The van der Waals surface area contributed by atoms with E-state index >= 15 is 0 Å². The van der Waals surface area contributed by atoms with Gasteiger partial charge in [-0.05, 0) is 138 Å². The van der Waals surface area contributed by atoms with Crippen LogP contribution in [0.4, 0.5) is 28.4 Å². The predicted octanol–water partition coefficient (Wildman–Crippen LogP) is 20.7. The van der Waals surface area contributed by atoms with Crippen molar-refractivity contribution >= 4 is 63.5 Å². The monoisotopic (exact) mass is 972 g/mol. The lowest BCUT2D eigenvalue weighted by Gasteiger charge is -2.25. The third-order valence-corrected chi connectivity index (χ3v) is 13.5. The van der Waals surface area contributed by atoms with Gasteiger partial charge in [0.25, 0.3) is 0 Å². The van der Waals surface area contributed by atoms with Crippen molar-refractivity contribution in [2.24, 2.45) is 0 Å². The van der Waals surface area contributed by atoms with Crippen LogP contribution in [0.15, 0.2) is 309 Å². The van der Waals surface area contributed by atoms with E-state index in [9.17, 15) is 0 Å². The van der Waals surface area contributed by atoms with Gasteiger partial charge in [-0.3, -0.25) is 0 Å². The Morgan fingerprint density at radius 1 is 0.211 bits per heavy atom. The largest absolute Gasteiger partial charge is 0.356 e. The lowest BCUT2D eigenvalue weighted by Crippen LogP contribution is -2.09. The summed E-state index contributed by atoms with van der Waals surface area (Å²) in [7, 11) is 0.